The molecule has 0 rings (SSSR count). The van der Waals surface area contributed by atoms with Gasteiger partial charge in [0, 0.05) is 26.4 Å². The fourth-order valence-corrected chi connectivity index (χ4v) is 4.21. The van der Waals surface area contributed by atoms with Crippen LogP contribution in [0.1, 0.15) is 110 Å². The summed E-state index contributed by atoms with van der Waals surface area (Å²) in [5.74, 6) is -0.448. The summed E-state index contributed by atoms with van der Waals surface area (Å²) in [5.41, 5.74) is 5.49. The summed E-state index contributed by atoms with van der Waals surface area (Å²) in [7, 11) is 1.63. The monoisotopic (exact) mass is 588 g/mol. The molecular weight excluding hydrogens is 528 g/mol. The Balaban J connectivity index is 3.60. The van der Waals surface area contributed by atoms with Gasteiger partial charge in [-0.25, -0.2) is 0 Å². The molecule has 0 aliphatic heterocycles. The highest BCUT2D eigenvalue weighted by molar-refractivity contribution is 5.86. The molecule has 0 radical (unpaired) electrons. The van der Waals surface area contributed by atoms with Gasteiger partial charge in [0.15, 0.2) is 0 Å². The quantitative estimate of drug-likeness (QED) is 0.107. The highest BCUT2D eigenvalue weighted by Gasteiger charge is 2.17. The molecule has 1 unspecified atom stereocenters. The average molecular weight is 589 g/mol. The summed E-state index contributed by atoms with van der Waals surface area (Å²) < 4.78 is 26.5. The summed E-state index contributed by atoms with van der Waals surface area (Å²) in [6, 6.07) is -0.640. The molecule has 0 spiro atoms. The fourth-order valence-electron chi connectivity index (χ4n) is 4.21. The third-order valence-corrected chi connectivity index (χ3v) is 6.71. The van der Waals surface area contributed by atoms with E-state index in [0.29, 0.717) is 85.1 Å². The number of hydrogen-bond acceptors (Lipinski definition) is 8. The number of ketones is 1. The molecule has 2 amide bonds. The van der Waals surface area contributed by atoms with Gasteiger partial charge in [0.1, 0.15) is 11.8 Å². The lowest BCUT2D eigenvalue weighted by Gasteiger charge is -2.15. The van der Waals surface area contributed by atoms with Gasteiger partial charge in [-0.2, -0.15) is 0 Å². The van der Waals surface area contributed by atoms with Crippen molar-refractivity contribution in [2.75, 3.05) is 66.6 Å². The van der Waals surface area contributed by atoms with Gasteiger partial charge in [-0.1, -0.05) is 71.1 Å². The van der Waals surface area contributed by atoms with Gasteiger partial charge >= 0.3 is 0 Å². The van der Waals surface area contributed by atoms with E-state index >= 15 is 0 Å². The minimum atomic E-state index is -0.640. The van der Waals surface area contributed by atoms with Crippen LogP contribution in [0, 0.1) is 0 Å². The summed E-state index contributed by atoms with van der Waals surface area (Å²) in [5, 5.41) is 2.79. The van der Waals surface area contributed by atoms with E-state index in [1.54, 1.807) is 7.11 Å². The molecular formula is C31H60N2O8. The van der Waals surface area contributed by atoms with E-state index < -0.39 is 11.9 Å². The minimum absolute atomic E-state index is 0.106. The molecule has 0 aliphatic carbocycles. The molecule has 0 bridgehead atoms. The van der Waals surface area contributed by atoms with E-state index in [4.69, 9.17) is 29.4 Å². The van der Waals surface area contributed by atoms with Crippen LogP contribution >= 0.6 is 0 Å². The first-order valence-electron chi connectivity index (χ1n) is 15.9. The number of nitrogens with one attached hydrogen (secondary N) is 1. The van der Waals surface area contributed by atoms with Crippen LogP contribution in [0.4, 0.5) is 0 Å². The number of unbranched alkanes of at least 4 members (excludes halogenated alkanes) is 10. The van der Waals surface area contributed by atoms with Gasteiger partial charge in [0.2, 0.25) is 11.8 Å². The first-order valence-corrected chi connectivity index (χ1v) is 15.9. The molecule has 3 N–H and O–H groups in total. The van der Waals surface area contributed by atoms with Crippen molar-refractivity contribution in [1.82, 2.24) is 5.32 Å². The Kier molecular flexibility index (Phi) is 30.1. The zero-order chi connectivity index (χ0) is 30.2. The van der Waals surface area contributed by atoms with Crippen molar-refractivity contribution in [3.63, 3.8) is 0 Å². The van der Waals surface area contributed by atoms with Crippen molar-refractivity contribution in [2.45, 2.75) is 116 Å². The maximum absolute atomic E-state index is 12.2. The number of hydrogen-bond donors (Lipinski definition) is 2. The van der Waals surface area contributed by atoms with Crippen molar-refractivity contribution in [3.05, 3.63) is 0 Å². The molecule has 10 nitrogen and oxygen atoms in total. The Morgan fingerprint density at radius 2 is 1.05 bits per heavy atom. The second kappa shape index (κ2) is 31.3. The van der Waals surface area contributed by atoms with Crippen molar-refractivity contribution in [3.8, 4) is 0 Å². The number of primary amides is 1. The number of methoxy groups -OCH3 is 1. The first kappa shape index (κ1) is 39.4. The molecule has 10 heteroatoms. The van der Waals surface area contributed by atoms with Crippen LogP contribution in [0.5, 0.6) is 0 Å². The Morgan fingerprint density at radius 3 is 1.59 bits per heavy atom. The van der Waals surface area contributed by atoms with Crippen LogP contribution in [-0.4, -0.2) is 90.2 Å². The first-order chi connectivity index (χ1) is 20.0. The van der Waals surface area contributed by atoms with Gasteiger partial charge in [0.05, 0.1) is 59.5 Å². The van der Waals surface area contributed by atoms with Gasteiger partial charge in [-0.05, 0) is 19.3 Å². The lowest BCUT2D eigenvalue weighted by atomic mass is 10.0. The van der Waals surface area contributed by atoms with Crippen LogP contribution < -0.4 is 11.1 Å². The number of amides is 2. The molecule has 0 heterocycles. The minimum Gasteiger partial charge on any atom is -0.382 e. The highest BCUT2D eigenvalue weighted by Crippen LogP contribution is 2.11. The van der Waals surface area contributed by atoms with E-state index in [1.165, 1.54) is 38.5 Å². The average Bonchev–Trinajstić information content (AvgIpc) is 2.95. The largest absolute Gasteiger partial charge is 0.382 e. The zero-order valence-electron chi connectivity index (χ0n) is 26.1. The van der Waals surface area contributed by atoms with Crippen LogP contribution in [0.25, 0.3) is 0 Å². The molecule has 0 aliphatic rings. The SMILES string of the molecule is CCCCCCCCCCCC(=O)NC(CCCCCC(=O)CCOCCOCCOCCOCCOC)C(N)=O. The highest BCUT2D eigenvalue weighted by atomic mass is 16.6. The van der Waals surface area contributed by atoms with Crippen LogP contribution in [0.3, 0.4) is 0 Å². The van der Waals surface area contributed by atoms with Crippen molar-refractivity contribution in [2.24, 2.45) is 5.73 Å². The smallest absolute Gasteiger partial charge is 0.239 e. The number of Topliss-reactive ketones (excluding diaryl/α,β-unsaturated/α-hetero) is 1. The third kappa shape index (κ3) is 29.7. The Bertz CT molecular complexity index is 621. The molecule has 0 aromatic rings. The maximum Gasteiger partial charge on any atom is 0.239 e. The predicted molar refractivity (Wildman–Crippen MR) is 161 cm³/mol. The van der Waals surface area contributed by atoms with Gasteiger partial charge in [-0.15, -0.1) is 0 Å². The van der Waals surface area contributed by atoms with Crippen LogP contribution in [-0.2, 0) is 38.1 Å². The summed E-state index contributed by atoms with van der Waals surface area (Å²) in [4.78, 5) is 36.0. The van der Waals surface area contributed by atoms with E-state index in [2.05, 4.69) is 12.2 Å². The summed E-state index contributed by atoms with van der Waals surface area (Å²) in [6.07, 6.45) is 14.8. The van der Waals surface area contributed by atoms with Crippen molar-refractivity contribution >= 4 is 17.6 Å². The molecule has 0 aromatic carbocycles. The lowest BCUT2D eigenvalue weighted by Crippen LogP contribution is -2.44. The van der Waals surface area contributed by atoms with E-state index in [1.807, 2.05) is 0 Å². The summed E-state index contributed by atoms with van der Waals surface area (Å²) in [6.45, 7) is 6.68. The summed E-state index contributed by atoms with van der Waals surface area (Å²) >= 11 is 0. The molecule has 0 saturated carbocycles. The van der Waals surface area contributed by atoms with Crippen LogP contribution in [0.2, 0.25) is 0 Å². The van der Waals surface area contributed by atoms with Crippen molar-refractivity contribution in [1.29, 1.82) is 0 Å². The second-order valence-electron chi connectivity index (χ2n) is 10.4. The third-order valence-electron chi connectivity index (χ3n) is 6.71. The Labute approximate surface area is 249 Å². The number of carbonyl (C=O) groups is 3. The lowest BCUT2D eigenvalue weighted by molar-refractivity contribution is -0.127. The Morgan fingerprint density at radius 1 is 0.585 bits per heavy atom. The second-order valence-corrected chi connectivity index (χ2v) is 10.4. The standard InChI is InChI=1S/C31H60N2O8/c1-3-4-5-6-7-8-9-10-14-17-30(35)33-29(31(32)36)16-13-11-12-15-28(34)18-19-38-22-23-40-26-27-41-25-24-39-21-20-37-2/h29H,3-27H2,1-2H3,(H2,32,36)(H,33,35). The molecule has 0 aromatic heterocycles. The number of carbonyl (C=O) groups excluding carboxylic acids is 3. The number of ether oxygens (including phenoxy) is 5. The van der Waals surface area contributed by atoms with Gasteiger partial charge in [0.25, 0.3) is 0 Å². The normalized spacial score (nSPS) is 12.0. The van der Waals surface area contributed by atoms with Gasteiger partial charge < -0.3 is 34.7 Å². The van der Waals surface area contributed by atoms with E-state index in [9.17, 15) is 14.4 Å². The topological polar surface area (TPSA) is 135 Å². The number of nitrogens with two attached hydrogens (primary N) is 1. The Hall–Kier alpha value is -1.59. The van der Waals surface area contributed by atoms with E-state index in [-0.39, 0.29) is 11.7 Å². The maximum atomic E-state index is 12.2. The van der Waals surface area contributed by atoms with Crippen LogP contribution in [0.15, 0.2) is 0 Å². The molecule has 41 heavy (non-hydrogen) atoms. The number of rotatable bonds is 33. The van der Waals surface area contributed by atoms with Crippen molar-refractivity contribution < 1.29 is 38.1 Å². The predicted octanol–water partition coefficient (Wildman–Crippen LogP) is 4.50. The molecule has 0 saturated heterocycles. The van der Waals surface area contributed by atoms with E-state index in [0.717, 1.165) is 38.5 Å². The van der Waals surface area contributed by atoms with Gasteiger partial charge in [-0.3, -0.25) is 14.4 Å². The molecule has 0 fully saturated rings. The molecule has 1 atom stereocenters. The fraction of sp³-hybridized carbons (Fsp3) is 0.903. The zero-order valence-corrected chi connectivity index (χ0v) is 26.1. The molecule has 242 valence electrons.